The lowest BCUT2D eigenvalue weighted by molar-refractivity contribution is 0.324. The molecule has 0 N–H and O–H groups in total. The molecule has 0 aliphatic rings. The monoisotopic (exact) mass is 451 g/mol. The van der Waals surface area contributed by atoms with E-state index in [2.05, 4.69) is 10.1 Å². The number of rotatable bonds is 6. The third-order valence-electron chi connectivity index (χ3n) is 4.09. The molecule has 29 heavy (non-hydrogen) atoms. The molecule has 9 heteroatoms. The lowest BCUT2D eigenvalue weighted by Gasteiger charge is -2.12. The second-order valence-electron chi connectivity index (χ2n) is 5.77. The van der Waals surface area contributed by atoms with Crippen LogP contribution in [0.2, 0.25) is 10.0 Å². The summed E-state index contributed by atoms with van der Waals surface area (Å²) in [5, 5.41) is 7.67. The first kappa shape index (κ1) is 21.2. The van der Waals surface area contributed by atoms with Crippen LogP contribution in [0.4, 0.5) is 0 Å². The van der Waals surface area contributed by atoms with E-state index in [1.807, 2.05) is 23.6 Å². The van der Waals surface area contributed by atoms with Crippen molar-refractivity contribution in [3.8, 4) is 28.5 Å². The highest BCUT2D eigenvalue weighted by Crippen LogP contribution is 2.38. The normalized spacial score (nSPS) is 11.9. The van der Waals surface area contributed by atoms with Gasteiger partial charge in [0.1, 0.15) is 0 Å². The van der Waals surface area contributed by atoms with Crippen LogP contribution in [0.5, 0.6) is 17.2 Å². The number of nitrogens with zero attached hydrogens (tertiary/aromatic N) is 3. The van der Waals surface area contributed by atoms with Gasteiger partial charge in [0, 0.05) is 28.6 Å². The smallest absolute Gasteiger partial charge is 0.205 e. The second-order valence-corrected chi connectivity index (χ2v) is 7.45. The molecule has 152 valence electrons. The summed E-state index contributed by atoms with van der Waals surface area (Å²) >= 11 is 13.9. The molecular weight excluding hydrogens is 433 g/mol. The zero-order chi connectivity index (χ0) is 21.0. The van der Waals surface area contributed by atoms with E-state index < -0.39 is 0 Å². The first-order valence-corrected chi connectivity index (χ1v) is 10.1. The molecule has 0 aliphatic heterocycles. The van der Waals surface area contributed by atoms with Crippen LogP contribution in [-0.2, 0) is 0 Å². The summed E-state index contributed by atoms with van der Waals surface area (Å²) in [4.78, 5) is 5.02. The molecule has 0 fully saturated rings. The number of aromatic nitrogens is 1. The minimum atomic E-state index is 0.521. The summed E-state index contributed by atoms with van der Waals surface area (Å²) in [6.07, 6.45) is 1.69. The Morgan fingerprint density at radius 3 is 2.24 bits per heavy atom. The number of methoxy groups -OCH3 is 3. The Balaban J connectivity index is 2.09. The fourth-order valence-electron chi connectivity index (χ4n) is 2.75. The van der Waals surface area contributed by atoms with E-state index >= 15 is 0 Å². The Morgan fingerprint density at radius 1 is 1.00 bits per heavy atom. The van der Waals surface area contributed by atoms with Crippen LogP contribution in [0.15, 0.2) is 45.8 Å². The lowest BCUT2D eigenvalue weighted by Crippen LogP contribution is -2.11. The predicted octanol–water partition coefficient (Wildman–Crippen LogP) is 4.96. The van der Waals surface area contributed by atoms with Gasteiger partial charge in [-0.25, -0.2) is 4.68 Å². The summed E-state index contributed by atoms with van der Waals surface area (Å²) in [5.74, 6) is 1.61. The molecule has 1 heterocycles. The van der Waals surface area contributed by atoms with Crippen molar-refractivity contribution < 1.29 is 14.2 Å². The largest absolute Gasteiger partial charge is 0.493 e. The van der Waals surface area contributed by atoms with Crippen molar-refractivity contribution in [2.24, 2.45) is 10.1 Å². The molecule has 6 nitrogen and oxygen atoms in total. The third kappa shape index (κ3) is 4.42. The topological polar surface area (TPSA) is 57.3 Å². The number of ether oxygens (including phenoxy) is 3. The van der Waals surface area contributed by atoms with Crippen LogP contribution in [0.25, 0.3) is 11.3 Å². The maximum Gasteiger partial charge on any atom is 0.205 e. The van der Waals surface area contributed by atoms with Gasteiger partial charge in [0.2, 0.25) is 10.6 Å². The van der Waals surface area contributed by atoms with Crippen LogP contribution in [0.1, 0.15) is 5.56 Å². The van der Waals surface area contributed by atoms with Gasteiger partial charge in [0.05, 0.1) is 38.3 Å². The highest BCUT2D eigenvalue weighted by Gasteiger charge is 2.14. The van der Waals surface area contributed by atoms with Crippen LogP contribution in [-0.4, -0.2) is 39.3 Å². The molecule has 0 radical (unpaired) electrons. The standard InChI is InChI=1S/C20H19Cl2N3O3S/c1-23-20-25(16(11-29-20)14-6-5-13(21)9-15(14)22)24-10-12-7-17(26-2)19(28-4)18(8-12)27-3/h5-11H,1-4H3. The van der Waals surface area contributed by atoms with Gasteiger partial charge in [0.15, 0.2) is 11.5 Å². The Kier molecular flexibility index (Phi) is 6.84. The molecule has 1 aromatic heterocycles. The SMILES string of the molecule is CN=c1scc(-c2ccc(Cl)cc2Cl)n1N=Cc1cc(OC)c(OC)c(OC)c1. The fraction of sp³-hybridized carbons (Fsp3) is 0.200. The van der Waals surface area contributed by atoms with E-state index in [0.29, 0.717) is 27.3 Å². The first-order chi connectivity index (χ1) is 14.0. The average molecular weight is 452 g/mol. The minimum Gasteiger partial charge on any atom is -0.493 e. The van der Waals surface area contributed by atoms with Gasteiger partial charge in [-0.2, -0.15) is 5.10 Å². The van der Waals surface area contributed by atoms with Gasteiger partial charge in [0.25, 0.3) is 0 Å². The number of benzene rings is 2. The van der Waals surface area contributed by atoms with Crippen LogP contribution >= 0.6 is 34.5 Å². The molecule has 0 atom stereocenters. The Morgan fingerprint density at radius 2 is 1.69 bits per heavy atom. The molecule has 2 aromatic carbocycles. The first-order valence-electron chi connectivity index (χ1n) is 8.45. The van der Waals surface area contributed by atoms with Gasteiger partial charge in [-0.1, -0.05) is 23.2 Å². The van der Waals surface area contributed by atoms with Crippen LogP contribution < -0.4 is 19.0 Å². The zero-order valence-electron chi connectivity index (χ0n) is 16.3. The summed E-state index contributed by atoms with van der Waals surface area (Å²) in [6, 6.07) is 8.98. The summed E-state index contributed by atoms with van der Waals surface area (Å²) in [7, 11) is 6.41. The van der Waals surface area contributed by atoms with Crippen molar-refractivity contribution in [1.29, 1.82) is 0 Å². The molecular formula is C20H19Cl2N3O3S. The number of hydrogen-bond acceptors (Lipinski definition) is 6. The molecule has 0 saturated heterocycles. The highest BCUT2D eigenvalue weighted by molar-refractivity contribution is 7.07. The van der Waals surface area contributed by atoms with Crippen molar-refractivity contribution in [1.82, 2.24) is 4.68 Å². The van der Waals surface area contributed by atoms with Gasteiger partial charge in [-0.05, 0) is 30.3 Å². The lowest BCUT2D eigenvalue weighted by atomic mass is 10.2. The van der Waals surface area contributed by atoms with Crippen LogP contribution in [0, 0.1) is 0 Å². The van der Waals surface area contributed by atoms with Gasteiger partial charge in [-0.3, -0.25) is 4.99 Å². The molecule has 3 rings (SSSR count). The predicted molar refractivity (Wildman–Crippen MR) is 118 cm³/mol. The highest BCUT2D eigenvalue weighted by atomic mass is 35.5. The Labute approximate surface area is 182 Å². The zero-order valence-corrected chi connectivity index (χ0v) is 18.6. The summed E-state index contributed by atoms with van der Waals surface area (Å²) in [5.41, 5.74) is 2.39. The quantitative estimate of drug-likeness (QED) is 0.497. The molecule has 0 bridgehead atoms. The van der Waals surface area contributed by atoms with E-state index in [0.717, 1.165) is 21.6 Å². The van der Waals surface area contributed by atoms with Crippen LogP contribution in [0.3, 0.4) is 0 Å². The maximum atomic E-state index is 6.40. The molecule has 0 amide bonds. The maximum absolute atomic E-state index is 6.40. The van der Waals surface area contributed by atoms with E-state index in [-0.39, 0.29) is 0 Å². The third-order valence-corrected chi connectivity index (χ3v) is 5.55. The molecule has 0 aliphatic carbocycles. The van der Waals surface area contributed by atoms with E-state index in [9.17, 15) is 0 Å². The van der Waals surface area contributed by atoms with E-state index in [4.69, 9.17) is 37.4 Å². The van der Waals surface area contributed by atoms with Gasteiger partial charge >= 0.3 is 0 Å². The van der Waals surface area contributed by atoms with Crippen molar-refractivity contribution in [3.05, 3.63) is 56.1 Å². The van der Waals surface area contributed by atoms with Crippen molar-refractivity contribution in [2.75, 3.05) is 28.4 Å². The van der Waals surface area contributed by atoms with Crippen molar-refractivity contribution in [3.63, 3.8) is 0 Å². The molecule has 0 saturated carbocycles. The summed E-state index contributed by atoms with van der Waals surface area (Å²) in [6.45, 7) is 0. The second kappa shape index (κ2) is 9.35. The van der Waals surface area contributed by atoms with Gasteiger partial charge in [-0.15, -0.1) is 11.3 Å². The molecule has 0 unspecified atom stereocenters. The summed E-state index contributed by atoms with van der Waals surface area (Å²) < 4.78 is 17.9. The number of hydrogen-bond donors (Lipinski definition) is 0. The average Bonchev–Trinajstić information content (AvgIpc) is 3.13. The number of halogens is 2. The Hall–Kier alpha value is -2.48. The Bertz CT molecular complexity index is 1100. The minimum absolute atomic E-state index is 0.521. The van der Waals surface area contributed by atoms with Crippen molar-refractivity contribution in [2.45, 2.75) is 0 Å². The van der Waals surface area contributed by atoms with E-state index in [1.165, 1.54) is 11.3 Å². The molecule has 3 aromatic rings. The van der Waals surface area contributed by atoms with Gasteiger partial charge < -0.3 is 14.2 Å². The number of thiazole rings is 1. The fourth-order valence-corrected chi connectivity index (χ4v) is 4.05. The molecule has 0 spiro atoms. The van der Waals surface area contributed by atoms with Crippen molar-refractivity contribution >= 4 is 40.8 Å². The van der Waals surface area contributed by atoms with E-state index in [1.54, 1.807) is 51.4 Å².